The van der Waals surface area contributed by atoms with Gasteiger partial charge in [-0.1, -0.05) is 18.2 Å². The van der Waals surface area contributed by atoms with E-state index >= 15 is 0 Å². The summed E-state index contributed by atoms with van der Waals surface area (Å²) in [6.07, 6.45) is -1.01. The highest BCUT2D eigenvalue weighted by Crippen LogP contribution is 2.20. The number of esters is 1. The fourth-order valence-electron chi connectivity index (χ4n) is 2.53. The highest BCUT2D eigenvalue weighted by Gasteiger charge is 2.21. The SMILES string of the molecule is Cc1cc(C(=O)O[C@H](C)C(=O)Nc2ccc(F)cc2)c2ccccc2n1. The standard InChI is InChI=1S/C20H17FN2O3/c1-12-11-17(16-5-3-4-6-18(16)22-12)20(25)26-13(2)19(24)23-15-9-7-14(21)8-10-15/h3-11,13H,1-2H3,(H,23,24)/t13-/m1/s1. The molecular weight excluding hydrogens is 335 g/mol. The van der Waals surface area contributed by atoms with Crippen LogP contribution in [0.1, 0.15) is 23.0 Å². The van der Waals surface area contributed by atoms with Crippen molar-refractivity contribution in [3.63, 3.8) is 0 Å². The smallest absolute Gasteiger partial charge is 0.339 e. The number of amides is 1. The summed E-state index contributed by atoms with van der Waals surface area (Å²) >= 11 is 0. The lowest BCUT2D eigenvalue weighted by atomic mass is 10.1. The molecular formula is C20H17FN2O3. The van der Waals surface area contributed by atoms with Crippen LogP contribution in [0.3, 0.4) is 0 Å². The van der Waals surface area contributed by atoms with Gasteiger partial charge in [0.2, 0.25) is 0 Å². The summed E-state index contributed by atoms with van der Waals surface area (Å²) in [7, 11) is 0. The highest BCUT2D eigenvalue weighted by molar-refractivity contribution is 6.05. The van der Waals surface area contributed by atoms with Crippen molar-refractivity contribution in [1.29, 1.82) is 0 Å². The largest absolute Gasteiger partial charge is 0.449 e. The molecule has 3 rings (SSSR count). The van der Waals surface area contributed by atoms with Crippen LogP contribution >= 0.6 is 0 Å². The number of carbonyl (C=O) groups excluding carboxylic acids is 2. The highest BCUT2D eigenvalue weighted by atomic mass is 19.1. The van der Waals surface area contributed by atoms with E-state index in [1.54, 1.807) is 25.1 Å². The van der Waals surface area contributed by atoms with Crippen LogP contribution in [0.5, 0.6) is 0 Å². The molecule has 0 saturated heterocycles. The van der Waals surface area contributed by atoms with Crippen LogP contribution < -0.4 is 5.32 Å². The zero-order chi connectivity index (χ0) is 18.7. The number of pyridine rings is 1. The second kappa shape index (κ2) is 7.31. The fraction of sp³-hybridized carbons (Fsp3) is 0.150. The van der Waals surface area contributed by atoms with Gasteiger partial charge in [-0.25, -0.2) is 9.18 Å². The number of rotatable bonds is 4. The van der Waals surface area contributed by atoms with Crippen molar-refractivity contribution >= 4 is 28.5 Å². The van der Waals surface area contributed by atoms with E-state index in [-0.39, 0.29) is 0 Å². The quantitative estimate of drug-likeness (QED) is 0.724. The predicted octanol–water partition coefficient (Wildman–Crippen LogP) is 3.87. The number of anilines is 1. The Kier molecular flexibility index (Phi) is 4.93. The van der Waals surface area contributed by atoms with E-state index in [9.17, 15) is 14.0 Å². The minimum Gasteiger partial charge on any atom is -0.449 e. The van der Waals surface area contributed by atoms with Gasteiger partial charge in [-0.05, 0) is 50.2 Å². The van der Waals surface area contributed by atoms with Crippen LogP contribution in [-0.4, -0.2) is 23.0 Å². The van der Waals surface area contributed by atoms with E-state index in [1.165, 1.54) is 31.2 Å². The minimum absolute atomic E-state index is 0.356. The van der Waals surface area contributed by atoms with Gasteiger partial charge in [0.25, 0.3) is 5.91 Å². The van der Waals surface area contributed by atoms with Gasteiger partial charge >= 0.3 is 5.97 Å². The van der Waals surface area contributed by atoms with Gasteiger partial charge in [0.1, 0.15) is 5.82 Å². The third-order valence-electron chi connectivity index (χ3n) is 3.83. The molecule has 1 aromatic heterocycles. The Hall–Kier alpha value is -3.28. The van der Waals surface area contributed by atoms with Crippen molar-refractivity contribution in [2.75, 3.05) is 5.32 Å². The number of fused-ring (bicyclic) bond motifs is 1. The first-order chi connectivity index (χ1) is 12.4. The molecule has 0 radical (unpaired) electrons. The number of hydrogen-bond acceptors (Lipinski definition) is 4. The van der Waals surface area contributed by atoms with Gasteiger partial charge in [-0.3, -0.25) is 9.78 Å². The average molecular weight is 352 g/mol. The number of nitrogens with zero attached hydrogens (tertiary/aromatic N) is 1. The van der Waals surface area contributed by atoms with Crippen LogP contribution in [0.25, 0.3) is 10.9 Å². The first-order valence-electron chi connectivity index (χ1n) is 8.08. The third-order valence-corrected chi connectivity index (χ3v) is 3.83. The Bertz CT molecular complexity index is 970. The Morgan fingerprint density at radius 3 is 2.54 bits per heavy atom. The number of benzene rings is 2. The molecule has 0 saturated carbocycles. The Morgan fingerprint density at radius 2 is 1.81 bits per heavy atom. The molecule has 6 heteroatoms. The molecule has 1 heterocycles. The van der Waals surface area contributed by atoms with Gasteiger partial charge in [0.05, 0.1) is 11.1 Å². The zero-order valence-corrected chi connectivity index (χ0v) is 14.3. The molecule has 0 spiro atoms. The van der Waals surface area contributed by atoms with Gasteiger partial charge in [0.15, 0.2) is 6.10 Å². The van der Waals surface area contributed by atoms with Crippen LogP contribution in [0.2, 0.25) is 0 Å². The molecule has 26 heavy (non-hydrogen) atoms. The third kappa shape index (κ3) is 3.85. The topological polar surface area (TPSA) is 68.3 Å². The molecule has 5 nitrogen and oxygen atoms in total. The molecule has 1 N–H and O–H groups in total. The van der Waals surface area contributed by atoms with Crippen molar-refractivity contribution in [2.24, 2.45) is 0 Å². The molecule has 0 unspecified atom stereocenters. The van der Waals surface area contributed by atoms with E-state index in [0.29, 0.717) is 27.8 Å². The number of para-hydroxylation sites is 1. The van der Waals surface area contributed by atoms with E-state index in [2.05, 4.69) is 10.3 Å². The molecule has 132 valence electrons. The average Bonchev–Trinajstić information content (AvgIpc) is 2.62. The second-order valence-electron chi connectivity index (χ2n) is 5.87. The van der Waals surface area contributed by atoms with E-state index < -0.39 is 23.8 Å². The van der Waals surface area contributed by atoms with Crippen LogP contribution in [0.4, 0.5) is 10.1 Å². The minimum atomic E-state index is -1.01. The summed E-state index contributed by atoms with van der Waals surface area (Å²) in [6.45, 7) is 3.26. The Labute approximate surface area is 149 Å². The number of aromatic nitrogens is 1. The van der Waals surface area contributed by atoms with Gasteiger partial charge in [-0.15, -0.1) is 0 Å². The summed E-state index contributed by atoms with van der Waals surface area (Å²) in [5.41, 5.74) is 2.14. The summed E-state index contributed by atoms with van der Waals surface area (Å²) in [5, 5.41) is 3.24. The maximum absolute atomic E-state index is 12.9. The molecule has 0 aliphatic heterocycles. The van der Waals surface area contributed by atoms with Crippen molar-refractivity contribution in [2.45, 2.75) is 20.0 Å². The first-order valence-corrected chi connectivity index (χ1v) is 8.08. The predicted molar refractivity (Wildman–Crippen MR) is 96.4 cm³/mol. The second-order valence-corrected chi connectivity index (χ2v) is 5.87. The number of nitrogens with one attached hydrogen (secondary N) is 1. The summed E-state index contributed by atoms with van der Waals surface area (Å²) < 4.78 is 18.2. The number of ether oxygens (including phenoxy) is 1. The molecule has 1 atom stereocenters. The normalized spacial score (nSPS) is 11.8. The summed E-state index contributed by atoms with van der Waals surface area (Å²) in [4.78, 5) is 29.1. The summed E-state index contributed by atoms with van der Waals surface area (Å²) in [6, 6.07) is 14.2. The van der Waals surface area contributed by atoms with Gasteiger partial charge in [-0.2, -0.15) is 0 Å². The van der Waals surface area contributed by atoms with Crippen molar-refractivity contribution in [1.82, 2.24) is 4.98 Å². The van der Waals surface area contributed by atoms with Crippen LogP contribution in [0.15, 0.2) is 54.6 Å². The molecule has 0 bridgehead atoms. The Balaban J connectivity index is 1.75. The molecule has 2 aromatic carbocycles. The number of aryl methyl sites for hydroxylation is 1. The number of hydrogen-bond donors (Lipinski definition) is 1. The van der Waals surface area contributed by atoms with Crippen molar-refractivity contribution < 1.29 is 18.7 Å². The van der Waals surface area contributed by atoms with Crippen molar-refractivity contribution in [3.05, 3.63) is 71.7 Å². The van der Waals surface area contributed by atoms with Gasteiger partial charge in [0, 0.05) is 16.8 Å². The lowest BCUT2D eigenvalue weighted by molar-refractivity contribution is -0.123. The van der Waals surface area contributed by atoms with E-state index in [4.69, 9.17) is 4.74 Å². The number of carbonyl (C=O) groups is 2. The maximum Gasteiger partial charge on any atom is 0.339 e. The molecule has 3 aromatic rings. The molecule has 0 aliphatic rings. The van der Waals surface area contributed by atoms with Crippen LogP contribution in [-0.2, 0) is 9.53 Å². The lowest BCUT2D eigenvalue weighted by Gasteiger charge is -2.14. The number of halogens is 1. The lowest BCUT2D eigenvalue weighted by Crippen LogP contribution is -2.30. The van der Waals surface area contributed by atoms with Crippen LogP contribution in [0, 0.1) is 12.7 Å². The molecule has 0 fully saturated rings. The van der Waals surface area contributed by atoms with E-state index in [0.717, 1.165) is 0 Å². The van der Waals surface area contributed by atoms with Gasteiger partial charge < -0.3 is 10.1 Å². The molecule has 1 amide bonds. The zero-order valence-electron chi connectivity index (χ0n) is 14.3. The fourth-order valence-corrected chi connectivity index (χ4v) is 2.53. The van der Waals surface area contributed by atoms with Crippen molar-refractivity contribution in [3.8, 4) is 0 Å². The first kappa shape index (κ1) is 17.5. The summed E-state index contributed by atoms with van der Waals surface area (Å²) in [5.74, 6) is -1.50. The van der Waals surface area contributed by atoms with E-state index in [1.807, 2.05) is 12.1 Å². The maximum atomic E-state index is 12.9. The Morgan fingerprint density at radius 1 is 1.12 bits per heavy atom. The monoisotopic (exact) mass is 352 g/mol. The molecule has 0 aliphatic carbocycles.